The van der Waals surface area contributed by atoms with E-state index < -0.39 is 0 Å². The van der Waals surface area contributed by atoms with E-state index in [9.17, 15) is 0 Å². The molecule has 0 saturated carbocycles. The zero-order valence-corrected chi connectivity index (χ0v) is 18.7. The summed E-state index contributed by atoms with van der Waals surface area (Å²) >= 11 is 1.90. The Morgan fingerprint density at radius 2 is 2.04 bits per heavy atom. The molecule has 1 atom stereocenters. The van der Waals surface area contributed by atoms with Gasteiger partial charge in [0.2, 0.25) is 0 Å². The molecule has 0 bridgehead atoms. The minimum Gasteiger partial charge on any atom is -0.356 e. The lowest BCUT2D eigenvalue weighted by atomic mass is 10.1. The van der Waals surface area contributed by atoms with Gasteiger partial charge in [-0.3, -0.25) is 9.89 Å². The number of fused-ring (bicyclic) bond motifs is 1. The maximum absolute atomic E-state index is 4.34. The Morgan fingerprint density at radius 3 is 2.81 bits per heavy atom. The highest BCUT2D eigenvalue weighted by Gasteiger charge is 2.21. The molecule has 1 aromatic carbocycles. The van der Waals surface area contributed by atoms with Gasteiger partial charge in [-0.25, -0.2) is 0 Å². The van der Waals surface area contributed by atoms with Crippen molar-refractivity contribution in [3.8, 4) is 0 Å². The molecule has 3 rings (SSSR count). The van der Waals surface area contributed by atoms with Crippen molar-refractivity contribution < 1.29 is 0 Å². The average molecular weight is 484 g/mol. The van der Waals surface area contributed by atoms with E-state index in [0.717, 1.165) is 38.6 Å². The largest absolute Gasteiger partial charge is 0.356 e. The van der Waals surface area contributed by atoms with Crippen LogP contribution in [0.15, 0.2) is 46.8 Å². The van der Waals surface area contributed by atoms with Gasteiger partial charge in [-0.05, 0) is 42.3 Å². The van der Waals surface area contributed by atoms with Crippen LogP contribution in [0.25, 0.3) is 0 Å². The molecule has 6 heteroatoms. The topological polar surface area (TPSA) is 39.7 Å². The zero-order valence-electron chi connectivity index (χ0n) is 15.6. The van der Waals surface area contributed by atoms with Gasteiger partial charge in [0.15, 0.2) is 5.96 Å². The summed E-state index contributed by atoms with van der Waals surface area (Å²) in [5, 5.41) is 9.10. The van der Waals surface area contributed by atoms with Crippen LogP contribution in [0.1, 0.15) is 22.9 Å². The Hall–Kier alpha value is -1.12. The molecule has 1 unspecified atom stereocenters. The number of rotatable bonds is 6. The molecule has 0 amide bonds. The van der Waals surface area contributed by atoms with Crippen LogP contribution in [0.3, 0.4) is 0 Å². The summed E-state index contributed by atoms with van der Waals surface area (Å²) in [6.07, 6.45) is 2.19. The first-order valence-electron chi connectivity index (χ1n) is 9.04. The summed E-state index contributed by atoms with van der Waals surface area (Å²) in [6, 6.07) is 13.3. The van der Waals surface area contributed by atoms with E-state index in [-0.39, 0.29) is 24.0 Å². The molecule has 0 spiro atoms. The van der Waals surface area contributed by atoms with E-state index in [1.165, 1.54) is 17.5 Å². The van der Waals surface area contributed by atoms with Gasteiger partial charge >= 0.3 is 0 Å². The van der Waals surface area contributed by atoms with Crippen LogP contribution in [0.5, 0.6) is 0 Å². The molecule has 0 aliphatic carbocycles. The molecule has 1 aromatic heterocycles. The second-order valence-corrected chi connectivity index (χ2v) is 7.55. The number of aliphatic imine (C=N–C) groups is 1. The number of thiophene rings is 1. The molecule has 2 heterocycles. The monoisotopic (exact) mass is 484 g/mol. The van der Waals surface area contributed by atoms with Gasteiger partial charge in [-0.15, -0.1) is 35.3 Å². The van der Waals surface area contributed by atoms with E-state index in [1.54, 1.807) is 4.88 Å². The van der Waals surface area contributed by atoms with Crippen molar-refractivity contribution in [1.82, 2.24) is 15.5 Å². The summed E-state index contributed by atoms with van der Waals surface area (Å²) < 4.78 is 0. The lowest BCUT2D eigenvalue weighted by Gasteiger charge is -2.32. The standard InChI is InChI=1S/C20H28N4S.HI/c1-16(24-12-9-19-18(15-24)10-13-25-19)14-23-20(21-2)22-11-8-17-6-4-3-5-7-17;/h3-7,10,13,16H,8-9,11-12,14-15H2,1-2H3,(H2,21,22,23);1H. The van der Waals surface area contributed by atoms with Gasteiger partial charge < -0.3 is 10.6 Å². The van der Waals surface area contributed by atoms with Crippen molar-refractivity contribution in [1.29, 1.82) is 0 Å². The van der Waals surface area contributed by atoms with Crippen molar-refractivity contribution in [3.05, 3.63) is 57.8 Å². The third-order valence-electron chi connectivity index (χ3n) is 4.80. The van der Waals surface area contributed by atoms with Crippen molar-refractivity contribution in [2.45, 2.75) is 32.4 Å². The highest BCUT2D eigenvalue weighted by molar-refractivity contribution is 14.0. The second-order valence-electron chi connectivity index (χ2n) is 6.55. The first-order valence-corrected chi connectivity index (χ1v) is 9.92. The van der Waals surface area contributed by atoms with Crippen LogP contribution in [0.4, 0.5) is 0 Å². The summed E-state index contributed by atoms with van der Waals surface area (Å²) in [6.45, 7) is 6.31. The average Bonchev–Trinajstić information content (AvgIpc) is 3.13. The number of benzene rings is 1. The predicted octanol–water partition coefficient (Wildman–Crippen LogP) is 3.52. The highest BCUT2D eigenvalue weighted by atomic mass is 127. The summed E-state index contributed by atoms with van der Waals surface area (Å²) in [5.41, 5.74) is 2.85. The molecular formula is C20H29IN4S. The zero-order chi connectivity index (χ0) is 17.5. The predicted molar refractivity (Wildman–Crippen MR) is 123 cm³/mol. The fourth-order valence-corrected chi connectivity index (χ4v) is 4.10. The Balaban J connectivity index is 0.00000243. The number of hydrogen-bond donors (Lipinski definition) is 2. The fraction of sp³-hybridized carbons (Fsp3) is 0.450. The fourth-order valence-electron chi connectivity index (χ4n) is 3.21. The van der Waals surface area contributed by atoms with Crippen LogP contribution >= 0.6 is 35.3 Å². The van der Waals surface area contributed by atoms with Gasteiger partial charge in [0.1, 0.15) is 0 Å². The lowest BCUT2D eigenvalue weighted by Crippen LogP contribution is -2.47. The van der Waals surface area contributed by atoms with Crippen LogP contribution in [0, 0.1) is 0 Å². The quantitative estimate of drug-likeness (QED) is 0.375. The van der Waals surface area contributed by atoms with Crippen molar-refractivity contribution in [2.75, 3.05) is 26.7 Å². The van der Waals surface area contributed by atoms with Crippen molar-refractivity contribution in [2.24, 2.45) is 4.99 Å². The molecule has 1 aliphatic rings. The minimum absolute atomic E-state index is 0. The third kappa shape index (κ3) is 5.96. The molecule has 26 heavy (non-hydrogen) atoms. The lowest BCUT2D eigenvalue weighted by molar-refractivity contribution is 0.192. The smallest absolute Gasteiger partial charge is 0.191 e. The van der Waals surface area contributed by atoms with Gasteiger partial charge in [-0.1, -0.05) is 30.3 Å². The molecule has 2 N–H and O–H groups in total. The molecule has 142 valence electrons. The molecule has 0 saturated heterocycles. The normalized spacial score (nSPS) is 15.7. The van der Waals surface area contributed by atoms with Gasteiger partial charge in [0, 0.05) is 44.1 Å². The van der Waals surface area contributed by atoms with E-state index >= 15 is 0 Å². The van der Waals surface area contributed by atoms with Crippen LogP contribution in [0.2, 0.25) is 0 Å². The highest BCUT2D eigenvalue weighted by Crippen LogP contribution is 2.24. The number of guanidine groups is 1. The minimum atomic E-state index is 0. The molecule has 1 aliphatic heterocycles. The van der Waals surface area contributed by atoms with E-state index in [0.29, 0.717) is 6.04 Å². The van der Waals surface area contributed by atoms with Gasteiger partial charge in [0.25, 0.3) is 0 Å². The molecule has 4 nitrogen and oxygen atoms in total. The number of hydrogen-bond acceptors (Lipinski definition) is 3. The second kappa shape index (κ2) is 10.9. The van der Waals surface area contributed by atoms with E-state index in [2.05, 4.69) is 69.2 Å². The third-order valence-corrected chi connectivity index (χ3v) is 5.82. The van der Waals surface area contributed by atoms with Crippen molar-refractivity contribution >= 4 is 41.3 Å². The van der Waals surface area contributed by atoms with Crippen molar-refractivity contribution in [3.63, 3.8) is 0 Å². The van der Waals surface area contributed by atoms with E-state index in [1.807, 2.05) is 18.4 Å². The van der Waals surface area contributed by atoms with Crippen LogP contribution < -0.4 is 10.6 Å². The van der Waals surface area contributed by atoms with Crippen LogP contribution in [-0.4, -0.2) is 43.6 Å². The molecule has 0 radical (unpaired) electrons. The first-order chi connectivity index (χ1) is 12.3. The van der Waals surface area contributed by atoms with E-state index in [4.69, 9.17) is 0 Å². The molecular weight excluding hydrogens is 455 g/mol. The number of nitrogens with zero attached hydrogens (tertiary/aromatic N) is 2. The van der Waals surface area contributed by atoms with Crippen LogP contribution in [-0.2, 0) is 19.4 Å². The Morgan fingerprint density at radius 1 is 1.23 bits per heavy atom. The number of halogens is 1. The SMILES string of the molecule is CN=C(NCCc1ccccc1)NCC(C)N1CCc2sccc2C1.I. The molecule has 2 aromatic rings. The maximum atomic E-state index is 4.34. The maximum Gasteiger partial charge on any atom is 0.191 e. The Kier molecular flexibility index (Phi) is 8.87. The molecule has 0 fully saturated rings. The summed E-state index contributed by atoms with van der Waals surface area (Å²) in [5.74, 6) is 0.885. The first kappa shape index (κ1) is 21.2. The van der Waals surface area contributed by atoms with Gasteiger partial charge in [0.05, 0.1) is 0 Å². The number of nitrogens with one attached hydrogen (secondary N) is 2. The van der Waals surface area contributed by atoms with Gasteiger partial charge in [-0.2, -0.15) is 0 Å². The Labute approximate surface area is 178 Å². The summed E-state index contributed by atoms with van der Waals surface area (Å²) in [7, 11) is 1.83. The Bertz CT molecular complexity index is 686. The summed E-state index contributed by atoms with van der Waals surface area (Å²) in [4.78, 5) is 8.46.